The van der Waals surface area contributed by atoms with Crippen molar-refractivity contribution >= 4 is 23.6 Å². The van der Waals surface area contributed by atoms with E-state index in [0.29, 0.717) is 38.6 Å². The third kappa shape index (κ3) is 5.63. The second-order valence-electron chi connectivity index (χ2n) is 6.23. The summed E-state index contributed by atoms with van der Waals surface area (Å²) in [6.07, 6.45) is 0.724. The number of carbonyl (C=O) groups excluding carboxylic acids is 3. The van der Waals surface area contributed by atoms with E-state index in [4.69, 9.17) is 4.74 Å². The van der Waals surface area contributed by atoms with Crippen molar-refractivity contribution < 1.29 is 27.9 Å². The SMILES string of the molecule is CCOC(=O)N1CCC(NC(=O)CN(C(C)=O)c2ccc(F)cc2F)CC1. The quantitative estimate of drug-likeness (QED) is 0.844. The fourth-order valence-electron chi connectivity index (χ4n) is 2.90. The third-order valence-electron chi connectivity index (χ3n) is 4.27. The molecule has 1 heterocycles. The minimum Gasteiger partial charge on any atom is -0.450 e. The first-order chi connectivity index (χ1) is 12.8. The summed E-state index contributed by atoms with van der Waals surface area (Å²) < 4.78 is 31.9. The number of amides is 3. The largest absolute Gasteiger partial charge is 0.450 e. The molecule has 1 saturated heterocycles. The summed E-state index contributed by atoms with van der Waals surface area (Å²) >= 11 is 0. The summed E-state index contributed by atoms with van der Waals surface area (Å²) in [5, 5.41) is 2.79. The Morgan fingerprint density at radius 1 is 1.26 bits per heavy atom. The Morgan fingerprint density at radius 2 is 1.93 bits per heavy atom. The van der Waals surface area contributed by atoms with Gasteiger partial charge in [0.1, 0.15) is 18.2 Å². The maximum Gasteiger partial charge on any atom is 0.409 e. The molecule has 7 nitrogen and oxygen atoms in total. The van der Waals surface area contributed by atoms with Crippen molar-refractivity contribution in [2.24, 2.45) is 0 Å². The normalized spacial score (nSPS) is 14.6. The molecule has 0 aromatic heterocycles. The average molecular weight is 383 g/mol. The van der Waals surface area contributed by atoms with Crippen molar-refractivity contribution in [1.82, 2.24) is 10.2 Å². The molecule has 0 unspecified atom stereocenters. The van der Waals surface area contributed by atoms with Gasteiger partial charge in [0.2, 0.25) is 11.8 Å². The molecule has 1 aromatic carbocycles. The Bertz CT molecular complexity index is 706. The van der Waals surface area contributed by atoms with Gasteiger partial charge in [0.25, 0.3) is 0 Å². The second kappa shape index (κ2) is 9.29. The molecule has 2 rings (SSSR count). The van der Waals surface area contributed by atoms with Crippen LogP contribution in [0.5, 0.6) is 0 Å². The van der Waals surface area contributed by atoms with Gasteiger partial charge in [-0.15, -0.1) is 0 Å². The van der Waals surface area contributed by atoms with Crippen molar-refractivity contribution in [2.45, 2.75) is 32.7 Å². The van der Waals surface area contributed by atoms with Gasteiger partial charge in [-0.3, -0.25) is 9.59 Å². The number of carbonyl (C=O) groups is 3. The highest BCUT2D eigenvalue weighted by atomic mass is 19.1. The number of halogens is 2. The van der Waals surface area contributed by atoms with E-state index in [9.17, 15) is 23.2 Å². The Balaban J connectivity index is 1.92. The first kappa shape index (κ1) is 20.6. The molecule has 0 atom stereocenters. The van der Waals surface area contributed by atoms with E-state index in [1.165, 1.54) is 6.92 Å². The molecule has 1 aromatic rings. The van der Waals surface area contributed by atoms with Gasteiger partial charge in [-0.2, -0.15) is 0 Å². The van der Waals surface area contributed by atoms with Crippen molar-refractivity contribution in [1.29, 1.82) is 0 Å². The fraction of sp³-hybridized carbons (Fsp3) is 0.500. The van der Waals surface area contributed by atoms with E-state index in [0.717, 1.165) is 17.0 Å². The van der Waals surface area contributed by atoms with Crippen LogP contribution in [0.1, 0.15) is 26.7 Å². The Hall–Kier alpha value is -2.71. The molecule has 1 aliphatic heterocycles. The summed E-state index contributed by atoms with van der Waals surface area (Å²) in [4.78, 5) is 38.3. The van der Waals surface area contributed by atoms with Crippen LogP contribution in [0.4, 0.5) is 19.3 Å². The average Bonchev–Trinajstić information content (AvgIpc) is 2.61. The lowest BCUT2D eigenvalue weighted by Crippen LogP contribution is -2.49. The molecule has 0 bridgehead atoms. The van der Waals surface area contributed by atoms with Gasteiger partial charge in [-0.05, 0) is 31.9 Å². The second-order valence-corrected chi connectivity index (χ2v) is 6.23. The van der Waals surface area contributed by atoms with E-state index >= 15 is 0 Å². The summed E-state index contributed by atoms with van der Waals surface area (Å²) in [6, 6.07) is 2.65. The summed E-state index contributed by atoms with van der Waals surface area (Å²) in [7, 11) is 0. The van der Waals surface area contributed by atoms with Crippen molar-refractivity contribution in [2.75, 3.05) is 31.1 Å². The van der Waals surface area contributed by atoms with Gasteiger partial charge in [-0.1, -0.05) is 0 Å². The molecule has 27 heavy (non-hydrogen) atoms. The van der Waals surface area contributed by atoms with Crippen LogP contribution >= 0.6 is 0 Å². The number of nitrogens with zero attached hydrogens (tertiary/aromatic N) is 2. The molecule has 1 aliphatic rings. The standard InChI is InChI=1S/C18H23F2N3O4/c1-3-27-18(26)22-8-6-14(7-9-22)21-17(25)11-23(12(2)24)16-5-4-13(19)10-15(16)20/h4-5,10,14H,3,6-9,11H2,1-2H3,(H,21,25). The molecule has 0 aliphatic carbocycles. The van der Waals surface area contributed by atoms with Crippen molar-refractivity contribution in [3.05, 3.63) is 29.8 Å². The monoisotopic (exact) mass is 383 g/mol. The van der Waals surface area contributed by atoms with Gasteiger partial charge in [-0.25, -0.2) is 13.6 Å². The number of piperidine rings is 1. The number of benzene rings is 1. The highest BCUT2D eigenvalue weighted by molar-refractivity contribution is 5.97. The maximum atomic E-state index is 13.9. The van der Waals surface area contributed by atoms with E-state index < -0.39 is 23.4 Å². The molecule has 148 valence electrons. The van der Waals surface area contributed by atoms with Gasteiger partial charge in [0, 0.05) is 32.1 Å². The summed E-state index contributed by atoms with van der Waals surface area (Å²) in [5.74, 6) is -2.67. The fourth-order valence-corrected chi connectivity index (χ4v) is 2.90. The molecular weight excluding hydrogens is 360 g/mol. The number of ether oxygens (including phenoxy) is 1. The molecule has 1 N–H and O–H groups in total. The predicted octanol–water partition coefficient (Wildman–Crippen LogP) is 2.05. The van der Waals surface area contributed by atoms with Crippen molar-refractivity contribution in [3.63, 3.8) is 0 Å². The van der Waals surface area contributed by atoms with Gasteiger partial charge < -0.3 is 19.9 Å². The Kier molecular flexibility index (Phi) is 7.09. The van der Waals surface area contributed by atoms with Crippen LogP contribution in [0.15, 0.2) is 18.2 Å². The zero-order chi connectivity index (χ0) is 20.0. The van der Waals surface area contributed by atoms with Gasteiger partial charge in [0.15, 0.2) is 0 Å². The number of rotatable bonds is 5. The zero-order valence-electron chi connectivity index (χ0n) is 15.3. The predicted molar refractivity (Wildman–Crippen MR) is 94.1 cm³/mol. The number of likely N-dealkylation sites (tertiary alicyclic amines) is 1. The van der Waals surface area contributed by atoms with Crippen LogP contribution in [-0.4, -0.2) is 55.1 Å². The molecule has 0 spiro atoms. The van der Waals surface area contributed by atoms with Crippen molar-refractivity contribution in [3.8, 4) is 0 Å². The highest BCUT2D eigenvalue weighted by Crippen LogP contribution is 2.20. The highest BCUT2D eigenvalue weighted by Gasteiger charge is 2.26. The van der Waals surface area contributed by atoms with Crippen LogP contribution in [0.2, 0.25) is 0 Å². The van der Waals surface area contributed by atoms with Gasteiger partial charge in [0.05, 0.1) is 12.3 Å². The lowest BCUT2D eigenvalue weighted by Gasteiger charge is -2.32. The topological polar surface area (TPSA) is 79.0 Å². The van der Waals surface area contributed by atoms with E-state index in [2.05, 4.69) is 5.32 Å². The minimum absolute atomic E-state index is 0.156. The van der Waals surface area contributed by atoms with Crippen LogP contribution in [0.3, 0.4) is 0 Å². The van der Waals surface area contributed by atoms with Crippen LogP contribution in [-0.2, 0) is 14.3 Å². The number of anilines is 1. The number of hydrogen-bond donors (Lipinski definition) is 1. The Morgan fingerprint density at radius 3 is 2.48 bits per heavy atom. The smallest absolute Gasteiger partial charge is 0.409 e. The summed E-state index contributed by atoms with van der Waals surface area (Å²) in [5.41, 5.74) is -0.156. The first-order valence-corrected chi connectivity index (χ1v) is 8.76. The van der Waals surface area contributed by atoms with Crippen LogP contribution in [0.25, 0.3) is 0 Å². The molecule has 0 saturated carbocycles. The molecule has 9 heteroatoms. The molecular formula is C18H23F2N3O4. The number of hydrogen-bond acceptors (Lipinski definition) is 4. The zero-order valence-corrected chi connectivity index (χ0v) is 15.3. The maximum absolute atomic E-state index is 13.9. The van der Waals surface area contributed by atoms with E-state index in [-0.39, 0.29) is 24.4 Å². The number of nitrogens with one attached hydrogen (secondary N) is 1. The van der Waals surface area contributed by atoms with Crippen LogP contribution in [0, 0.1) is 11.6 Å². The van der Waals surface area contributed by atoms with Crippen LogP contribution < -0.4 is 10.2 Å². The van der Waals surface area contributed by atoms with E-state index in [1.54, 1.807) is 11.8 Å². The molecule has 1 fully saturated rings. The Labute approximate surface area is 156 Å². The van der Waals surface area contributed by atoms with E-state index in [1.807, 2.05) is 0 Å². The van der Waals surface area contributed by atoms with Gasteiger partial charge >= 0.3 is 6.09 Å². The lowest BCUT2D eigenvalue weighted by atomic mass is 10.1. The first-order valence-electron chi connectivity index (χ1n) is 8.76. The summed E-state index contributed by atoms with van der Waals surface area (Å²) in [6.45, 7) is 3.76. The molecule has 0 radical (unpaired) electrons. The third-order valence-corrected chi connectivity index (χ3v) is 4.27. The lowest BCUT2D eigenvalue weighted by molar-refractivity contribution is -0.123. The molecule has 3 amide bonds. The minimum atomic E-state index is -0.916.